The molecule has 0 aliphatic heterocycles. The number of rotatable bonds is 3. The van der Waals surface area contributed by atoms with Gasteiger partial charge in [-0.05, 0) is 34.1 Å². The number of hydrogen-bond donors (Lipinski definition) is 2. The number of benzene rings is 1. The van der Waals surface area contributed by atoms with Gasteiger partial charge < -0.3 is 10.2 Å². The number of nitrogen functional groups attached to an aromatic ring is 1. The molecule has 2 aromatic rings. The fourth-order valence-electron chi connectivity index (χ4n) is 1.19. The molecule has 0 saturated heterocycles. The van der Waals surface area contributed by atoms with E-state index in [9.17, 15) is 8.42 Å². The molecule has 3 N–H and O–H groups in total. The molecule has 0 aliphatic carbocycles. The van der Waals surface area contributed by atoms with Gasteiger partial charge in [0.15, 0.2) is 0 Å². The first-order valence-electron chi connectivity index (χ1n) is 4.76. The average Bonchev–Trinajstić information content (AvgIpc) is 2.67. The summed E-state index contributed by atoms with van der Waals surface area (Å²) in [5.74, 6) is 0.270. The van der Waals surface area contributed by atoms with Crippen LogP contribution in [0.5, 0.6) is 0 Å². The third kappa shape index (κ3) is 2.62. The topological polar surface area (TPSA) is 111 Å². The predicted octanol–water partition coefficient (Wildman–Crippen LogP) is 1.52. The van der Waals surface area contributed by atoms with Crippen LogP contribution in [-0.4, -0.2) is 18.6 Å². The number of hydrogen-bond acceptors (Lipinski definition) is 6. The molecule has 0 unspecified atom stereocenters. The van der Waals surface area contributed by atoms with Gasteiger partial charge in [-0.1, -0.05) is 5.10 Å². The molecule has 0 saturated carbocycles. The highest BCUT2D eigenvalue weighted by Gasteiger charge is 2.18. The van der Waals surface area contributed by atoms with Gasteiger partial charge in [-0.15, -0.1) is 5.10 Å². The van der Waals surface area contributed by atoms with E-state index in [2.05, 4.69) is 30.8 Å². The fraction of sp³-hybridized carbons (Fsp3) is 0.111. The van der Waals surface area contributed by atoms with Crippen LogP contribution in [0.3, 0.4) is 0 Å². The Labute approximate surface area is 112 Å². The van der Waals surface area contributed by atoms with Gasteiger partial charge in [0.05, 0.1) is 4.90 Å². The first-order chi connectivity index (χ1) is 8.38. The molecule has 0 fully saturated rings. The SMILES string of the molecule is Cc1nnc(NS(=O)(=O)c2ccc(N)c(Br)c2)o1. The Balaban J connectivity index is 2.33. The van der Waals surface area contributed by atoms with E-state index in [1.165, 1.54) is 18.2 Å². The molecule has 1 aromatic heterocycles. The zero-order valence-electron chi connectivity index (χ0n) is 9.21. The molecule has 18 heavy (non-hydrogen) atoms. The Morgan fingerprint density at radius 1 is 1.39 bits per heavy atom. The van der Waals surface area contributed by atoms with E-state index >= 15 is 0 Å². The van der Waals surface area contributed by atoms with Crippen molar-refractivity contribution >= 4 is 37.7 Å². The highest BCUT2D eigenvalue weighted by molar-refractivity contribution is 9.10. The molecule has 0 radical (unpaired) electrons. The van der Waals surface area contributed by atoms with Crippen LogP contribution >= 0.6 is 15.9 Å². The molecular weight excluding hydrogens is 324 g/mol. The zero-order chi connectivity index (χ0) is 13.3. The van der Waals surface area contributed by atoms with Crippen molar-refractivity contribution in [2.45, 2.75) is 11.8 Å². The summed E-state index contributed by atoms with van der Waals surface area (Å²) in [7, 11) is -3.77. The summed E-state index contributed by atoms with van der Waals surface area (Å²) in [6.07, 6.45) is 0. The number of aryl methyl sites for hydroxylation is 1. The number of aromatic nitrogens is 2. The van der Waals surface area contributed by atoms with Crippen molar-refractivity contribution in [1.29, 1.82) is 0 Å². The van der Waals surface area contributed by atoms with Gasteiger partial charge in [-0.3, -0.25) is 0 Å². The molecular formula is C9H9BrN4O3S. The summed E-state index contributed by atoms with van der Waals surface area (Å²) in [5.41, 5.74) is 6.03. The number of nitrogens with one attached hydrogen (secondary N) is 1. The molecule has 0 amide bonds. The number of nitrogens with two attached hydrogens (primary N) is 1. The lowest BCUT2D eigenvalue weighted by molar-refractivity contribution is 0.534. The van der Waals surface area contributed by atoms with Gasteiger partial charge >= 0.3 is 6.01 Å². The Hall–Kier alpha value is -1.61. The third-order valence-electron chi connectivity index (χ3n) is 2.03. The predicted molar refractivity (Wildman–Crippen MR) is 68.4 cm³/mol. The lowest BCUT2D eigenvalue weighted by Crippen LogP contribution is -2.13. The second kappa shape index (κ2) is 4.58. The smallest absolute Gasteiger partial charge is 0.329 e. The minimum atomic E-state index is -3.77. The Kier molecular flexibility index (Phi) is 3.26. The molecule has 2 rings (SSSR count). The van der Waals surface area contributed by atoms with Gasteiger partial charge in [0.25, 0.3) is 10.0 Å². The first-order valence-corrected chi connectivity index (χ1v) is 7.04. The average molecular weight is 333 g/mol. The highest BCUT2D eigenvalue weighted by atomic mass is 79.9. The van der Waals surface area contributed by atoms with E-state index in [4.69, 9.17) is 10.2 Å². The van der Waals surface area contributed by atoms with Crippen molar-refractivity contribution in [1.82, 2.24) is 10.2 Å². The van der Waals surface area contributed by atoms with Crippen LogP contribution in [0, 0.1) is 6.92 Å². The van der Waals surface area contributed by atoms with Crippen molar-refractivity contribution in [3.63, 3.8) is 0 Å². The molecule has 7 nitrogen and oxygen atoms in total. The van der Waals surface area contributed by atoms with Crippen LogP contribution in [0.4, 0.5) is 11.7 Å². The Morgan fingerprint density at radius 3 is 2.67 bits per heavy atom. The molecule has 0 spiro atoms. The second-order valence-electron chi connectivity index (χ2n) is 3.42. The van der Waals surface area contributed by atoms with Crippen molar-refractivity contribution in [3.05, 3.63) is 28.6 Å². The van der Waals surface area contributed by atoms with Crippen LogP contribution in [0.25, 0.3) is 0 Å². The normalized spacial score (nSPS) is 11.4. The van der Waals surface area contributed by atoms with Crippen molar-refractivity contribution in [2.24, 2.45) is 0 Å². The van der Waals surface area contributed by atoms with Crippen LogP contribution in [0.1, 0.15) is 5.89 Å². The van der Waals surface area contributed by atoms with Crippen LogP contribution in [0.15, 0.2) is 32.0 Å². The van der Waals surface area contributed by atoms with Crippen molar-refractivity contribution in [3.8, 4) is 0 Å². The summed E-state index contributed by atoms with van der Waals surface area (Å²) in [6, 6.07) is 4.07. The molecule has 96 valence electrons. The third-order valence-corrected chi connectivity index (χ3v) is 4.03. The van der Waals surface area contributed by atoms with E-state index in [0.717, 1.165) is 0 Å². The maximum atomic E-state index is 12.0. The van der Waals surface area contributed by atoms with Crippen LogP contribution < -0.4 is 10.5 Å². The number of halogens is 1. The summed E-state index contributed by atoms with van der Waals surface area (Å²) in [4.78, 5) is 0.0411. The van der Waals surface area contributed by atoms with Gasteiger partial charge in [0.1, 0.15) is 0 Å². The molecule has 1 heterocycles. The molecule has 1 aromatic carbocycles. The van der Waals surface area contributed by atoms with Gasteiger partial charge in [0, 0.05) is 17.1 Å². The number of nitrogens with zero attached hydrogens (tertiary/aromatic N) is 2. The standard InChI is InChI=1S/C9H9BrN4O3S/c1-5-12-13-9(17-5)14-18(15,16)6-2-3-8(11)7(10)4-6/h2-4H,11H2,1H3,(H,13,14). The van der Waals surface area contributed by atoms with E-state index in [1.54, 1.807) is 6.92 Å². The summed E-state index contributed by atoms with van der Waals surface area (Å²) in [5, 5.41) is 7.08. The summed E-state index contributed by atoms with van der Waals surface area (Å²) in [6.45, 7) is 1.56. The van der Waals surface area contributed by atoms with Crippen molar-refractivity contribution in [2.75, 3.05) is 10.5 Å². The van der Waals surface area contributed by atoms with Gasteiger partial charge in [-0.2, -0.15) is 0 Å². The van der Waals surface area contributed by atoms with Crippen LogP contribution in [-0.2, 0) is 10.0 Å². The second-order valence-corrected chi connectivity index (χ2v) is 5.95. The largest absolute Gasteiger partial charge is 0.408 e. The Morgan fingerprint density at radius 2 is 2.11 bits per heavy atom. The van der Waals surface area contributed by atoms with Crippen molar-refractivity contribution < 1.29 is 12.8 Å². The highest BCUT2D eigenvalue weighted by Crippen LogP contribution is 2.24. The van der Waals surface area contributed by atoms with E-state index in [0.29, 0.717) is 10.2 Å². The summed E-state index contributed by atoms with van der Waals surface area (Å²) >= 11 is 3.16. The van der Waals surface area contributed by atoms with Gasteiger partial charge in [-0.25, -0.2) is 13.1 Å². The minimum Gasteiger partial charge on any atom is -0.408 e. The van der Waals surface area contributed by atoms with Gasteiger partial charge in [0.2, 0.25) is 5.89 Å². The van der Waals surface area contributed by atoms with Crippen LogP contribution in [0.2, 0.25) is 0 Å². The van der Waals surface area contributed by atoms with E-state index in [1.807, 2.05) is 0 Å². The molecule has 0 atom stereocenters. The quantitative estimate of drug-likeness (QED) is 0.824. The Bertz CT molecular complexity index is 683. The zero-order valence-corrected chi connectivity index (χ0v) is 11.6. The first kappa shape index (κ1) is 12.8. The molecule has 0 bridgehead atoms. The number of sulfonamides is 1. The van der Waals surface area contributed by atoms with E-state index < -0.39 is 10.0 Å². The maximum Gasteiger partial charge on any atom is 0.329 e. The maximum absolute atomic E-state index is 12.0. The molecule has 9 heteroatoms. The number of anilines is 2. The fourth-order valence-corrected chi connectivity index (χ4v) is 2.67. The minimum absolute atomic E-state index is 0.0411. The summed E-state index contributed by atoms with van der Waals surface area (Å²) < 4.78 is 31.6. The lowest BCUT2D eigenvalue weighted by Gasteiger charge is -2.05. The molecule has 0 aliphatic rings. The monoisotopic (exact) mass is 332 g/mol. The lowest BCUT2D eigenvalue weighted by atomic mass is 10.3. The van der Waals surface area contributed by atoms with E-state index in [-0.39, 0.29) is 16.8 Å².